The van der Waals surface area contributed by atoms with E-state index in [4.69, 9.17) is 5.73 Å². The molecule has 0 aliphatic rings. The number of para-hydroxylation sites is 1. The van der Waals surface area contributed by atoms with Gasteiger partial charge in [0.1, 0.15) is 0 Å². The number of carbonyl (C=O) groups is 1. The molecular formula is C10H13NOS. The molecule has 3 heteroatoms. The molecule has 70 valence electrons. The van der Waals surface area contributed by atoms with Crippen LogP contribution in [0.25, 0.3) is 0 Å². The van der Waals surface area contributed by atoms with Crippen molar-refractivity contribution < 1.29 is 4.79 Å². The largest absolute Gasteiger partial charge is 0.398 e. The van der Waals surface area contributed by atoms with Crippen molar-refractivity contribution in [3.05, 3.63) is 29.8 Å². The lowest BCUT2D eigenvalue weighted by Crippen LogP contribution is -2.15. The molecule has 0 aromatic heterocycles. The van der Waals surface area contributed by atoms with Crippen LogP contribution in [0.5, 0.6) is 0 Å². The number of anilines is 1. The lowest BCUT2D eigenvalue weighted by Gasteiger charge is -2.08. The highest BCUT2D eigenvalue weighted by Crippen LogP contribution is 2.16. The summed E-state index contributed by atoms with van der Waals surface area (Å²) in [6.45, 7) is 1.93. The summed E-state index contributed by atoms with van der Waals surface area (Å²) in [6, 6.07) is 7.07. The number of ketones is 1. The second-order valence-corrected chi connectivity index (χ2v) is 3.50. The van der Waals surface area contributed by atoms with Crippen LogP contribution in [0.2, 0.25) is 0 Å². The Morgan fingerprint density at radius 3 is 2.69 bits per heavy atom. The van der Waals surface area contributed by atoms with Crippen molar-refractivity contribution in [3.8, 4) is 0 Å². The number of benzene rings is 1. The zero-order valence-corrected chi connectivity index (χ0v) is 8.42. The van der Waals surface area contributed by atoms with Crippen LogP contribution in [-0.2, 0) is 0 Å². The number of Topliss-reactive ketones (excluding diaryl/α,β-unsaturated/α-hetero) is 1. The fourth-order valence-electron chi connectivity index (χ4n) is 1.09. The highest BCUT2D eigenvalue weighted by molar-refractivity contribution is 7.81. The molecule has 1 unspecified atom stereocenters. The number of nitrogen functional groups attached to an aromatic ring is 1. The first-order valence-corrected chi connectivity index (χ1v) is 4.75. The number of hydrogen-bond donors (Lipinski definition) is 2. The summed E-state index contributed by atoms with van der Waals surface area (Å²) >= 11 is 4.18. The Labute approximate surface area is 83.5 Å². The zero-order chi connectivity index (χ0) is 9.84. The second kappa shape index (κ2) is 4.33. The summed E-state index contributed by atoms with van der Waals surface area (Å²) in [6.07, 6.45) is 0.719. The number of nitrogens with two attached hydrogens (primary N) is 1. The number of carbonyl (C=O) groups excluding carboxylic acids is 1. The zero-order valence-electron chi connectivity index (χ0n) is 7.53. The highest BCUT2D eigenvalue weighted by Gasteiger charge is 2.15. The van der Waals surface area contributed by atoms with E-state index in [-0.39, 0.29) is 11.0 Å². The summed E-state index contributed by atoms with van der Waals surface area (Å²) in [5.41, 5.74) is 6.76. The second-order valence-electron chi connectivity index (χ2n) is 2.88. The van der Waals surface area contributed by atoms with Crippen molar-refractivity contribution >= 4 is 24.1 Å². The maximum absolute atomic E-state index is 11.6. The van der Waals surface area contributed by atoms with Gasteiger partial charge in [-0.1, -0.05) is 19.1 Å². The molecule has 0 aliphatic heterocycles. The van der Waals surface area contributed by atoms with Gasteiger partial charge in [0, 0.05) is 11.3 Å². The predicted octanol–water partition coefficient (Wildman–Crippen LogP) is 2.16. The topological polar surface area (TPSA) is 43.1 Å². The van der Waals surface area contributed by atoms with Crippen molar-refractivity contribution in [1.82, 2.24) is 0 Å². The summed E-state index contributed by atoms with van der Waals surface area (Å²) < 4.78 is 0. The lowest BCUT2D eigenvalue weighted by molar-refractivity contribution is 0.0989. The molecular weight excluding hydrogens is 182 g/mol. The minimum absolute atomic E-state index is 0.00364. The van der Waals surface area contributed by atoms with Crippen LogP contribution in [0, 0.1) is 0 Å². The molecule has 1 aromatic carbocycles. The van der Waals surface area contributed by atoms with E-state index in [0.717, 1.165) is 6.42 Å². The number of hydrogen-bond acceptors (Lipinski definition) is 3. The molecule has 0 amide bonds. The Morgan fingerprint density at radius 2 is 2.15 bits per heavy atom. The fraction of sp³-hybridized carbons (Fsp3) is 0.300. The van der Waals surface area contributed by atoms with E-state index in [9.17, 15) is 4.79 Å². The first-order valence-electron chi connectivity index (χ1n) is 4.23. The molecule has 2 N–H and O–H groups in total. The van der Waals surface area contributed by atoms with Gasteiger partial charge in [0.2, 0.25) is 0 Å². The summed E-state index contributed by atoms with van der Waals surface area (Å²) in [4.78, 5) is 11.6. The number of thiol groups is 1. The van der Waals surface area contributed by atoms with Gasteiger partial charge in [-0.05, 0) is 18.6 Å². The van der Waals surface area contributed by atoms with Gasteiger partial charge in [0.15, 0.2) is 5.78 Å². The van der Waals surface area contributed by atoms with E-state index in [1.807, 2.05) is 13.0 Å². The molecule has 0 heterocycles. The van der Waals surface area contributed by atoms with E-state index < -0.39 is 0 Å². The molecule has 0 spiro atoms. The first-order chi connectivity index (χ1) is 6.16. The van der Waals surface area contributed by atoms with Crippen molar-refractivity contribution in [3.63, 3.8) is 0 Å². The van der Waals surface area contributed by atoms with Crippen molar-refractivity contribution in [2.24, 2.45) is 0 Å². The van der Waals surface area contributed by atoms with Gasteiger partial charge in [-0.15, -0.1) is 0 Å². The van der Waals surface area contributed by atoms with Gasteiger partial charge in [0.05, 0.1) is 5.25 Å². The maximum Gasteiger partial charge on any atom is 0.177 e. The van der Waals surface area contributed by atoms with Gasteiger partial charge >= 0.3 is 0 Å². The molecule has 0 radical (unpaired) electrons. The van der Waals surface area contributed by atoms with Gasteiger partial charge in [-0.3, -0.25) is 4.79 Å². The SMILES string of the molecule is CCC(S)C(=O)c1ccccc1N. The maximum atomic E-state index is 11.6. The van der Waals surface area contributed by atoms with Crippen LogP contribution in [0.15, 0.2) is 24.3 Å². The number of rotatable bonds is 3. The van der Waals surface area contributed by atoms with E-state index in [1.54, 1.807) is 18.2 Å². The Bertz CT molecular complexity index is 312. The van der Waals surface area contributed by atoms with Crippen LogP contribution in [0.3, 0.4) is 0 Å². The summed E-state index contributed by atoms with van der Waals surface area (Å²) in [5.74, 6) is 0.00364. The van der Waals surface area contributed by atoms with Gasteiger partial charge in [0.25, 0.3) is 0 Å². The molecule has 0 aliphatic carbocycles. The molecule has 0 bridgehead atoms. The van der Waals surface area contributed by atoms with E-state index in [2.05, 4.69) is 12.6 Å². The van der Waals surface area contributed by atoms with E-state index in [1.165, 1.54) is 0 Å². The monoisotopic (exact) mass is 195 g/mol. The third-order valence-electron chi connectivity index (χ3n) is 1.92. The van der Waals surface area contributed by atoms with E-state index >= 15 is 0 Å². The first kappa shape index (κ1) is 10.1. The molecule has 2 nitrogen and oxygen atoms in total. The third-order valence-corrected chi connectivity index (χ3v) is 2.52. The summed E-state index contributed by atoms with van der Waals surface area (Å²) in [5, 5.41) is -0.246. The van der Waals surface area contributed by atoms with Crippen LogP contribution in [0.1, 0.15) is 23.7 Å². The molecule has 1 atom stereocenters. The molecule has 0 fully saturated rings. The minimum atomic E-state index is -0.246. The van der Waals surface area contributed by atoms with Crippen LogP contribution in [0.4, 0.5) is 5.69 Å². The fourth-order valence-corrected chi connectivity index (χ4v) is 1.23. The van der Waals surface area contributed by atoms with Crippen molar-refractivity contribution in [2.75, 3.05) is 5.73 Å². The minimum Gasteiger partial charge on any atom is -0.398 e. The molecule has 13 heavy (non-hydrogen) atoms. The van der Waals surface area contributed by atoms with Gasteiger partial charge < -0.3 is 5.73 Å². The Hall–Kier alpha value is -0.960. The Balaban J connectivity index is 2.95. The van der Waals surface area contributed by atoms with Crippen LogP contribution in [-0.4, -0.2) is 11.0 Å². The smallest absolute Gasteiger partial charge is 0.177 e. The van der Waals surface area contributed by atoms with Crippen molar-refractivity contribution in [2.45, 2.75) is 18.6 Å². The standard InChI is InChI=1S/C10H13NOS/c1-2-9(13)10(12)7-5-3-4-6-8(7)11/h3-6,9,13H,2,11H2,1H3. The third kappa shape index (κ3) is 2.25. The Morgan fingerprint density at radius 1 is 1.54 bits per heavy atom. The lowest BCUT2D eigenvalue weighted by atomic mass is 10.1. The van der Waals surface area contributed by atoms with Crippen LogP contribution >= 0.6 is 12.6 Å². The van der Waals surface area contributed by atoms with Gasteiger partial charge in [-0.2, -0.15) is 12.6 Å². The average Bonchev–Trinajstić information content (AvgIpc) is 2.16. The quantitative estimate of drug-likeness (QED) is 0.441. The average molecular weight is 195 g/mol. The molecule has 1 rings (SSSR count). The predicted molar refractivity (Wildman–Crippen MR) is 58.2 cm³/mol. The summed E-state index contributed by atoms with van der Waals surface area (Å²) in [7, 11) is 0. The van der Waals surface area contributed by atoms with Gasteiger partial charge in [-0.25, -0.2) is 0 Å². The molecule has 0 saturated carbocycles. The Kier molecular flexibility index (Phi) is 3.37. The highest BCUT2D eigenvalue weighted by atomic mass is 32.1. The van der Waals surface area contributed by atoms with Crippen molar-refractivity contribution in [1.29, 1.82) is 0 Å². The molecule has 0 saturated heterocycles. The normalized spacial score (nSPS) is 12.5. The van der Waals surface area contributed by atoms with E-state index in [0.29, 0.717) is 11.3 Å². The van der Waals surface area contributed by atoms with Crippen LogP contribution < -0.4 is 5.73 Å². The molecule has 1 aromatic rings.